The molecule has 1 fully saturated rings. The molecule has 1 N–H and O–H groups in total. The Balaban J connectivity index is 1.54. The van der Waals surface area contributed by atoms with Gasteiger partial charge < -0.3 is 10.1 Å². The first-order chi connectivity index (χ1) is 11.9. The maximum Gasteiger partial charge on any atom is 0.258 e. The predicted octanol–water partition coefficient (Wildman–Crippen LogP) is 2.43. The number of amides is 1. The molecule has 1 aliphatic heterocycles. The Bertz CT molecular complexity index is 847. The summed E-state index contributed by atoms with van der Waals surface area (Å²) in [5, 5.41) is 2.78. The lowest BCUT2D eigenvalue weighted by Crippen LogP contribution is -2.48. The maximum absolute atomic E-state index is 12.0. The Morgan fingerprint density at radius 3 is 2.32 bits per heavy atom. The number of hydrogen-bond donors (Lipinski definition) is 1. The van der Waals surface area contributed by atoms with E-state index in [1.165, 1.54) is 0 Å². The van der Waals surface area contributed by atoms with Gasteiger partial charge in [0.05, 0.1) is 17.0 Å². The summed E-state index contributed by atoms with van der Waals surface area (Å²) in [6, 6.07) is 17.5. The van der Waals surface area contributed by atoms with Crippen LogP contribution in [0.15, 0.2) is 54.6 Å². The van der Waals surface area contributed by atoms with Gasteiger partial charge in [0.25, 0.3) is 5.91 Å². The molecule has 1 heterocycles. The number of hydrogen-bond acceptors (Lipinski definition) is 4. The van der Waals surface area contributed by atoms with Gasteiger partial charge in [0.2, 0.25) is 0 Å². The fraction of sp³-hybridized carbons (Fsp3) is 0.316. The van der Waals surface area contributed by atoms with E-state index in [1.807, 2.05) is 54.6 Å². The van der Waals surface area contributed by atoms with Crippen LogP contribution in [0.2, 0.25) is 0 Å². The Labute approximate surface area is 147 Å². The van der Waals surface area contributed by atoms with Crippen LogP contribution in [0.4, 0.5) is 0 Å². The number of carbonyl (C=O) groups is 1. The van der Waals surface area contributed by atoms with E-state index >= 15 is 0 Å². The highest BCUT2D eigenvalue weighted by Gasteiger charge is 2.39. The van der Waals surface area contributed by atoms with Crippen LogP contribution >= 0.6 is 0 Å². The zero-order valence-electron chi connectivity index (χ0n) is 14.1. The van der Waals surface area contributed by atoms with E-state index in [1.54, 1.807) is 6.92 Å². The summed E-state index contributed by atoms with van der Waals surface area (Å²) in [6.45, 7) is 1.62. The first-order valence-electron chi connectivity index (χ1n) is 8.15. The lowest BCUT2D eigenvalue weighted by molar-refractivity contribution is -0.124. The summed E-state index contributed by atoms with van der Waals surface area (Å²) >= 11 is 0. The second-order valence-corrected chi connectivity index (χ2v) is 8.81. The molecule has 5 nitrogen and oxygen atoms in total. The van der Waals surface area contributed by atoms with E-state index in [0.717, 1.165) is 11.1 Å². The molecule has 0 aliphatic carbocycles. The molecule has 0 spiro atoms. The largest absolute Gasteiger partial charge is 0.484 e. The predicted molar refractivity (Wildman–Crippen MR) is 97.2 cm³/mol. The van der Waals surface area contributed by atoms with Crippen molar-refractivity contribution < 1.29 is 17.9 Å². The second-order valence-electron chi connectivity index (χ2n) is 6.63. The molecule has 1 saturated heterocycles. The molecule has 2 aromatic rings. The monoisotopic (exact) mass is 359 g/mol. The normalized spacial score (nSPS) is 21.6. The number of carbonyl (C=O) groups excluding carboxylic acids is 1. The van der Waals surface area contributed by atoms with Crippen molar-refractivity contribution in [1.29, 1.82) is 0 Å². The zero-order chi connectivity index (χ0) is 17.9. The molecule has 1 aliphatic rings. The summed E-state index contributed by atoms with van der Waals surface area (Å²) < 4.78 is 28.7. The van der Waals surface area contributed by atoms with Gasteiger partial charge in [0.15, 0.2) is 16.4 Å². The number of nitrogens with one attached hydrogen (secondary N) is 1. The number of rotatable bonds is 5. The molecule has 6 heteroatoms. The lowest BCUT2D eigenvalue weighted by atomic mass is 10.0. The highest BCUT2D eigenvalue weighted by Crippen LogP contribution is 2.23. The number of sulfone groups is 1. The fourth-order valence-electron chi connectivity index (χ4n) is 3.00. The van der Waals surface area contributed by atoms with Gasteiger partial charge in [0, 0.05) is 0 Å². The molecule has 0 aromatic heterocycles. The summed E-state index contributed by atoms with van der Waals surface area (Å²) in [5.41, 5.74) is 1.49. The summed E-state index contributed by atoms with van der Waals surface area (Å²) in [7, 11) is -3.05. The standard InChI is InChI=1S/C19H21NO4S/c1-19(11-12-25(22,23)14-19)20-18(21)13-24-17-9-7-16(8-10-17)15-5-3-2-4-6-15/h2-10H,11-14H2,1H3,(H,20,21)/t19-/m0/s1. The van der Waals surface area contributed by atoms with Gasteiger partial charge in [-0.15, -0.1) is 0 Å². The van der Waals surface area contributed by atoms with Crippen molar-refractivity contribution in [2.75, 3.05) is 18.1 Å². The van der Waals surface area contributed by atoms with Gasteiger partial charge in [-0.3, -0.25) is 4.79 Å². The van der Waals surface area contributed by atoms with Crippen LogP contribution in [0.5, 0.6) is 5.75 Å². The third-order valence-electron chi connectivity index (χ3n) is 4.28. The van der Waals surface area contributed by atoms with Gasteiger partial charge >= 0.3 is 0 Å². The van der Waals surface area contributed by atoms with E-state index in [2.05, 4.69) is 5.32 Å². The highest BCUT2D eigenvalue weighted by atomic mass is 32.2. The lowest BCUT2D eigenvalue weighted by Gasteiger charge is -2.23. The third kappa shape index (κ3) is 4.60. The second kappa shape index (κ2) is 6.88. The first-order valence-corrected chi connectivity index (χ1v) is 9.97. The average Bonchev–Trinajstić information content (AvgIpc) is 2.87. The molecule has 3 rings (SSSR count). The fourth-order valence-corrected chi connectivity index (χ4v) is 5.10. The van der Waals surface area contributed by atoms with Gasteiger partial charge in [0.1, 0.15) is 5.75 Å². The van der Waals surface area contributed by atoms with Crippen LogP contribution in [0.3, 0.4) is 0 Å². The van der Waals surface area contributed by atoms with Crippen LogP contribution in [0.1, 0.15) is 13.3 Å². The van der Waals surface area contributed by atoms with Crippen LogP contribution in [0, 0.1) is 0 Å². The molecular formula is C19H21NO4S. The molecular weight excluding hydrogens is 338 g/mol. The molecule has 0 bridgehead atoms. The molecule has 0 unspecified atom stereocenters. The number of ether oxygens (including phenoxy) is 1. The van der Waals surface area contributed by atoms with E-state index < -0.39 is 15.4 Å². The van der Waals surface area contributed by atoms with Crippen molar-refractivity contribution in [3.63, 3.8) is 0 Å². The van der Waals surface area contributed by atoms with Crippen molar-refractivity contribution in [2.24, 2.45) is 0 Å². The Morgan fingerprint density at radius 2 is 1.72 bits per heavy atom. The summed E-state index contributed by atoms with van der Waals surface area (Å²) in [4.78, 5) is 12.0. The number of benzene rings is 2. The SMILES string of the molecule is C[C@]1(NC(=O)COc2ccc(-c3ccccc3)cc2)CCS(=O)(=O)C1. The first kappa shape index (κ1) is 17.5. The molecule has 132 valence electrons. The highest BCUT2D eigenvalue weighted by molar-refractivity contribution is 7.91. The zero-order valence-corrected chi connectivity index (χ0v) is 14.9. The quantitative estimate of drug-likeness (QED) is 0.890. The average molecular weight is 359 g/mol. The van der Waals surface area contributed by atoms with Gasteiger partial charge in [-0.05, 0) is 36.6 Å². The molecule has 25 heavy (non-hydrogen) atoms. The van der Waals surface area contributed by atoms with Gasteiger partial charge in [-0.25, -0.2) is 8.42 Å². The molecule has 1 atom stereocenters. The Morgan fingerprint density at radius 1 is 1.08 bits per heavy atom. The Hall–Kier alpha value is -2.34. The van der Waals surface area contributed by atoms with Crippen molar-refractivity contribution in [3.8, 4) is 16.9 Å². The summed E-state index contributed by atoms with van der Waals surface area (Å²) in [5.74, 6) is 0.383. The topological polar surface area (TPSA) is 72.5 Å². The molecule has 2 aromatic carbocycles. The smallest absolute Gasteiger partial charge is 0.258 e. The Kier molecular flexibility index (Phi) is 4.81. The van der Waals surface area contributed by atoms with Crippen molar-refractivity contribution in [3.05, 3.63) is 54.6 Å². The van der Waals surface area contributed by atoms with E-state index in [9.17, 15) is 13.2 Å². The van der Waals surface area contributed by atoms with E-state index in [0.29, 0.717) is 12.2 Å². The minimum atomic E-state index is -3.05. The van der Waals surface area contributed by atoms with Crippen molar-refractivity contribution in [2.45, 2.75) is 18.9 Å². The van der Waals surface area contributed by atoms with Crippen LogP contribution in [-0.2, 0) is 14.6 Å². The van der Waals surface area contributed by atoms with Crippen molar-refractivity contribution >= 4 is 15.7 Å². The van der Waals surface area contributed by atoms with Crippen LogP contribution in [0.25, 0.3) is 11.1 Å². The van der Waals surface area contributed by atoms with Gasteiger partial charge in [-0.2, -0.15) is 0 Å². The van der Waals surface area contributed by atoms with Crippen molar-refractivity contribution in [1.82, 2.24) is 5.32 Å². The third-order valence-corrected chi connectivity index (χ3v) is 6.18. The van der Waals surface area contributed by atoms with Crippen LogP contribution in [-0.4, -0.2) is 38.0 Å². The summed E-state index contributed by atoms with van der Waals surface area (Å²) in [6.07, 6.45) is 0.437. The van der Waals surface area contributed by atoms with Crippen LogP contribution < -0.4 is 10.1 Å². The minimum Gasteiger partial charge on any atom is -0.484 e. The molecule has 0 radical (unpaired) electrons. The van der Waals surface area contributed by atoms with Gasteiger partial charge in [-0.1, -0.05) is 42.5 Å². The molecule has 0 saturated carbocycles. The molecule has 1 amide bonds. The maximum atomic E-state index is 12.0. The van der Waals surface area contributed by atoms with E-state index in [-0.39, 0.29) is 24.0 Å². The minimum absolute atomic E-state index is 0.0164. The van der Waals surface area contributed by atoms with E-state index in [4.69, 9.17) is 4.74 Å².